The molecule has 0 fully saturated rings. The van der Waals surface area contributed by atoms with Crippen LogP contribution in [0.2, 0.25) is 0 Å². The van der Waals surface area contributed by atoms with E-state index in [9.17, 15) is 0 Å². The van der Waals surface area contributed by atoms with E-state index in [1.165, 1.54) is 52.4 Å². The van der Waals surface area contributed by atoms with E-state index in [4.69, 9.17) is 19.9 Å². The Bertz CT molecular complexity index is 5570. The molecule has 0 aliphatic rings. The van der Waals surface area contributed by atoms with E-state index in [0.717, 1.165) is 89.8 Å². The number of hydrogen-bond donors (Lipinski definition) is 1. The number of H-pyrrole nitrogens is 1. The van der Waals surface area contributed by atoms with E-state index in [-0.39, 0.29) is 0 Å². The molecule has 0 amide bonds. The molecule has 0 saturated heterocycles. The summed E-state index contributed by atoms with van der Waals surface area (Å²) in [5.74, 6) is 1.40. The Balaban J connectivity index is 0.000000134. The highest BCUT2D eigenvalue weighted by Gasteiger charge is 2.19. The fourth-order valence-electron chi connectivity index (χ4n) is 12.7. The van der Waals surface area contributed by atoms with Gasteiger partial charge in [-0.3, -0.25) is 0 Å². The average molecular weight is 1310 g/mol. The summed E-state index contributed by atoms with van der Waals surface area (Å²) in [7, 11) is 0. The Labute approximate surface area is 551 Å². The van der Waals surface area contributed by atoms with Crippen LogP contribution in [0, 0.1) is 3.57 Å². The summed E-state index contributed by atoms with van der Waals surface area (Å²) in [6.07, 6.45) is 4.32. The Morgan fingerprint density at radius 2 is 0.667 bits per heavy atom. The highest BCUT2D eigenvalue weighted by molar-refractivity contribution is 14.1. The molecule has 0 aliphatic heterocycles. The first-order valence-corrected chi connectivity index (χ1v) is 32.1. The molecule has 0 aliphatic carbocycles. The highest BCUT2D eigenvalue weighted by Crippen LogP contribution is 2.39. The van der Waals surface area contributed by atoms with Crippen molar-refractivity contribution in [2.45, 2.75) is 0 Å². The van der Waals surface area contributed by atoms with Crippen LogP contribution in [0.25, 0.3) is 150 Å². The average Bonchev–Trinajstić information content (AvgIpc) is 1.59. The van der Waals surface area contributed by atoms with Gasteiger partial charge in [0, 0.05) is 104 Å². The third-order valence-electron chi connectivity index (χ3n) is 17.1. The molecular formula is C84H57IN8. The first kappa shape index (κ1) is 56.4. The zero-order valence-corrected chi connectivity index (χ0v) is 52.5. The molecule has 0 spiro atoms. The predicted octanol–water partition coefficient (Wildman–Crippen LogP) is 21.9. The fraction of sp³-hybridized carbons (Fsp3) is 0. The number of rotatable bonds is 9. The van der Waals surface area contributed by atoms with Gasteiger partial charge in [-0.2, -0.15) is 0 Å². The molecule has 18 aromatic rings. The number of nitrogens with one attached hydrogen (secondary N) is 1. The van der Waals surface area contributed by atoms with Crippen LogP contribution in [0.1, 0.15) is 0 Å². The predicted molar refractivity (Wildman–Crippen MR) is 393 cm³/mol. The van der Waals surface area contributed by atoms with Gasteiger partial charge in [0.1, 0.15) is 0 Å². The van der Waals surface area contributed by atoms with Crippen LogP contribution in [0.15, 0.2) is 340 Å². The molecular weight excluding hydrogens is 1250 g/mol. The minimum absolute atomic E-state index is 0.699. The van der Waals surface area contributed by atoms with Crippen LogP contribution in [0.3, 0.4) is 0 Å². The number of para-hydroxylation sites is 3. The third kappa shape index (κ3) is 11.1. The number of benzene rings is 12. The van der Waals surface area contributed by atoms with Gasteiger partial charge in [-0.15, -0.1) is 0 Å². The Hall–Kier alpha value is -11.8. The Morgan fingerprint density at radius 3 is 1.16 bits per heavy atom. The molecule has 93 heavy (non-hydrogen) atoms. The molecule has 1 N–H and O–H groups in total. The van der Waals surface area contributed by atoms with E-state index in [2.05, 4.69) is 290 Å². The van der Waals surface area contributed by atoms with E-state index in [1.807, 2.05) is 91.0 Å². The summed E-state index contributed by atoms with van der Waals surface area (Å²) in [5.41, 5.74) is 20.1. The van der Waals surface area contributed by atoms with E-state index in [0.29, 0.717) is 11.6 Å². The zero-order chi connectivity index (χ0) is 62.0. The van der Waals surface area contributed by atoms with Crippen molar-refractivity contribution in [1.29, 1.82) is 0 Å². The fourth-order valence-corrected chi connectivity index (χ4v) is 13.1. The molecule has 6 heterocycles. The second-order valence-electron chi connectivity index (χ2n) is 22.8. The van der Waals surface area contributed by atoms with Gasteiger partial charge >= 0.3 is 0 Å². The van der Waals surface area contributed by atoms with Crippen LogP contribution in [0.5, 0.6) is 0 Å². The molecule has 0 bridgehead atoms. The van der Waals surface area contributed by atoms with Gasteiger partial charge in [0.05, 0.1) is 50.4 Å². The standard InChI is InChI=1S/C42H28N4.C36H24N4.C6H5I/c1-4-13-29(14-5-1)37-28-38(30-15-6-2-7-16-30)44-42(43-37)31-17-12-20-33(27-31)45-26-25-36-39(45)24-23-35-34-21-10-11-22-40(34)46(41(35)36)32-18-8-3-9-19-32;1-3-10-24(11-4-1)32-23-33(25-12-5-2-6-13-25)39-36(38-32)26-14-9-15-27(22-26)40-21-20-30-34(40)19-18-29-28-16-7-8-17-31(28)37-35(29)30;7-6-4-2-1-3-5-6/h1-28H;1-23,37H;1-5H. The number of aromatic nitrogens is 8. The Morgan fingerprint density at radius 1 is 0.269 bits per heavy atom. The minimum Gasteiger partial charge on any atom is -0.354 e. The zero-order valence-electron chi connectivity index (χ0n) is 50.3. The largest absolute Gasteiger partial charge is 0.354 e. The maximum atomic E-state index is 5.07. The molecule has 9 heteroatoms. The van der Waals surface area contributed by atoms with Gasteiger partial charge < -0.3 is 18.7 Å². The van der Waals surface area contributed by atoms with Crippen molar-refractivity contribution < 1.29 is 0 Å². The van der Waals surface area contributed by atoms with Crippen molar-refractivity contribution in [2.24, 2.45) is 0 Å². The molecule has 12 aromatic carbocycles. The third-order valence-corrected chi connectivity index (χ3v) is 17.8. The first-order chi connectivity index (χ1) is 46.0. The van der Waals surface area contributed by atoms with E-state index >= 15 is 0 Å². The minimum atomic E-state index is 0.699. The van der Waals surface area contributed by atoms with Gasteiger partial charge in [0.25, 0.3) is 0 Å². The van der Waals surface area contributed by atoms with Crippen LogP contribution in [-0.2, 0) is 0 Å². The number of nitrogens with zero attached hydrogens (tertiary/aromatic N) is 7. The molecule has 0 atom stereocenters. The number of hydrogen-bond acceptors (Lipinski definition) is 4. The van der Waals surface area contributed by atoms with Crippen LogP contribution in [-0.4, -0.2) is 38.6 Å². The van der Waals surface area contributed by atoms with Gasteiger partial charge in [0.2, 0.25) is 0 Å². The maximum Gasteiger partial charge on any atom is 0.160 e. The highest BCUT2D eigenvalue weighted by atomic mass is 127. The van der Waals surface area contributed by atoms with Crippen molar-refractivity contribution in [3.8, 4) is 84.9 Å². The van der Waals surface area contributed by atoms with Crippen LogP contribution in [0.4, 0.5) is 0 Å². The smallest absolute Gasteiger partial charge is 0.160 e. The first-order valence-electron chi connectivity index (χ1n) is 31.0. The maximum absolute atomic E-state index is 5.07. The SMILES string of the molecule is Ic1ccccc1.c1ccc(-c2cc(-c3ccccc3)nc(-c3cccc(-n4ccc5c4ccc4c6ccccc6n(-c6ccccc6)c45)c3)n2)cc1.c1ccc(-c2cc(-c3ccccc3)nc(-c3cccc(-n4ccc5c6[nH]c7ccccc7c6ccc54)c3)n2)cc1. The van der Waals surface area contributed by atoms with Crippen molar-refractivity contribution in [2.75, 3.05) is 0 Å². The lowest BCUT2D eigenvalue weighted by molar-refractivity contribution is 1.12. The molecule has 8 nitrogen and oxygen atoms in total. The monoisotopic (exact) mass is 1300 g/mol. The van der Waals surface area contributed by atoms with Gasteiger partial charge in [-0.05, 0) is 120 Å². The van der Waals surface area contributed by atoms with Crippen molar-refractivity contribution in [1.82, 2.24) is 38.6 Å². The Kier molecular flexibility index (Phi) is 15.1. The second-order valence-corrected chi connectivity index (χ2v) is 24.1. The van der Waals surface area contributed by atoms with E-state index in [1.54, 1.807) is 0 Å². The van der Waals surface area contributed by atoms with Crippen molar-refractivity contribution in [3.63, 3.8) is 0 Å². The summed E-state index contributed by atoms with van der Waals surface area (Å²) in [4.78, 5) is 23.8. The quantitative estimate of drug-likeness (QED) is 0.146. The molecule has 0 radical (unpaired) electrons. The van der Waals surface area contributed by atoms with E-state index < -0.39 is 0 Å². The van der Waals surface area contributed by atoms with Crippen LogP contribution >= 0.6 is 22.6 Å². The van der Waals surface area contributed by atoms with Gasteiger partial charge in [-0.25, -0.2) is 19.9 Å². The summed E-state index contributed by atoms with van der Waals surface area (Å²) in [6, 6.07) is 114. The number of fused-ring (bicyclic) bond motifs is 10. The lowest BCUT2D eigenvalue weighted by Gasteiger charge is -2.12. The summed E-state index contributed by atoms with van der Waals surface area (Å²) in [5, 5.41) is 7.40. The van der Waals surface area contributed by atoms with Gasteiger partial charge in [0.15, 0.2) is 11.6 Å². The summed E-state index contributed by atoms with van der Waals surface area (Å²) in [6.45, 7) is 0. The lowest BCUT2D eigenvalue weighted by Crippen LogP contribution is -1.98. The van der Waals surface area contributed by atoms with Crippen LogP contribution < -0.4 is 0 Å². The molecule has 0 unspecified atom stereocenters. The molecule has 6 aromatic heterocycles. The lowest BCUT2D eigenvalue weighted by atomic mass is 10.1. The van der Waals surface area contributed by atoms with Crippen molar-refractivity contribution >= 4 is 88.0 Å². The second kappa shape index (κ2) is 24.9. The number of aromatic amines is 1. The van der Waals surface area contributed by atoms with Crippen molar-refractivity contribution in [3.05, 3.63) is 344 Å². The summed E-state index contributed by atoms with van der Waals surface area (Å²) >= 11 is 2.28. The molecule has 0 saturated carbocycles. The normalized spacial score (nSPS) is 11.3. The van der Waals surface area contributed by atoms with Gasteiger partial charge in [-0.1, -0.05) is 231 Å². The summed E-state index contributed by atoms with van der Waals surface area (Å²) < 4.78 is 8.19. The molecule has 18 rings (SSSR count). The molecule has 440 valence electrons. The number of halogens is 1. The topological polar surface area (TPSA) is 82.1 Å².